The van der Waals surface area contributed by atoms with Crippen LogP contribution in [0.1, 0.15) is 10.4 Å². The van der Waals surface area contributed by atoms with E-state index in [0.717, 1.165) is 35.5 Å². The van der Waals surface area contributed by atoms with Gasteiger partial charge in [-0.2, -0.15) is 0 Å². The van der Waals surface area contributed by atoms with Crippen molar-refractivity contribution in [2.24, 2.45) is 7.05 Å². The van der Waals surface area contributed by atoms with Gasteiger partial charge >= 0.3 is 0 Å². The fourth-order valence-electron chi connectivity index (χ4n) is 3.23. The van der Waals surface area contributed by atoms with Crippen molar-refractivity contribution < 1.29 is 4.79 Å². The Morgan fingerprint density at radius 1 is 1.00 bits per heavy atom. The number of hydrogen-bond acceptors (Lipinski definition) is 4. The van der Waals surface area contributed by atoms with Gasteiger partial charge in [0.1, 0.15) is 0 Å². The first-order valence-corrected chi connectivity index (χ1v) is 8.09. The van der Waals surface area contributed by atoms with Crippen molar-refractivity contribution in [2.75, 3.05) is 31.1 Å². The normalized spacial score (nSPS) is 15.0. The topological polar surface area (TPSA) is 54.3 Å². The van der Waals surface area contributed by atoms with Crippen molar-refractivity contribution in [3.05, 3.63) is 54.5 Å². The molecule has 0 saturated carbocycles. The van der Waals surface area contributed by atoms with Crippen LogP contribution in [-0.4, -0.2) is 51.5 Å². The number of rotatable bonds is 2. The van der Waals surface area contributed by atoms with E-state index in [4.69, 9.17) is 0 Å². The molecule has 0 bridgehead atoms. The van der Waals surface area contributed by atoms with Gasteiger partial charge in [-0.3, -0.25) is 9.78 Å². The standard InChI is InChI=1S/C18H19N5O/c1-21-9-8-20-18(21)23-12-10-22(11-13-23)17(24)15-4-2-6-16-14(15)5-3-7-19-16/h2-9H,10-13H2,1H3. The lowest BCUT2D eigenvalue weighted by molar-refractivity contribution is 0.0748. The molecular formula is C18H19N5O. The van der Waals surface area contributed by atoms with E-state index in [1.54, 1.807) is 12.4 Å². The predicted molar refractivity (Wildman–Crippen MR) is 93.1 cm³/mol. The number of imidazole rings is 1. The summed E-state index contributed by atoms with van der Waals surface area (Å²) in [5.41, 5.74) is 1.58. The number of amides is 1. The molecule has 2 aromatic heterocycles. The van der Waals surface area contributed by atoms with Crippen LogP contribution in [0.2, 0.25) is 0 Å². The van der Waals surface area contributed by atoms with E-state index >= 15 is 0 Å². The number of benzene rings is 1. The van der Waals surface area contributed by atoms with E-state index in [9.17, 15) is 4.79 Å². The average molecular weight is 321 g/mol. The Morgan fingerprint density at radius 3 is 2.58 bits per heavy atom. The number of piperazine rings is 1. The Labute approximate surface area is 140 Å². The van der Waals surface area contributed by atoms with Gasteiger partial charge in [0, 0.05) is 62.8 Å². The first-order valence-electron chi connectivity index (χ1n) is 8.09. The van der Waals surface area contributed by atoms with Gasteiger partial charge in [-0.25, -0.2) is 4.98 Å². The zero-order valence-corrected chi connectivity index (χ0v) is 13.6. The number of nitrogens with zero attached hydrogens (tertiary/aromatic N) is 5. The van der Waals surface area contributed by atoms with Gasteiger partial charge in [0.05, 0.1) is 5.52 Å². The molecule has 24 heavy (non-hydrogen) atoms. The SMILES string of the molecule is Cn1ccnc1N1CCN(C(=O)c2cccc3ncccc23)CC1. The van der Waals surface area contributed by atoms with E-state index in [0.29, 0.717) is 13.1 Å². The first-order chi connectivity index (χ1) is 11.7. The fourth-order valence-corrected chi connectivity index (χ4v) is 3.23. The van der Waals surface area contributed by atoms with Crippen molar-refractivity contribution >= 4 is 22.8 Å². The van der Waals surface area contributed by atoms with Gasteiger partial charge < -0.3 is 14.4 Å². The Morgan fingerprint density at radius 2 is 1.83 bits per heavy atom. The van der Waals surface area contributed by atoms with Crippen LogP contribution in [0.5, 0.6) is 0 Å². The molecule has 1 saturated heterocycles. The van der Waals surface area contributed by atoms with Crippen LogP contribution in [0.3, 0.4) is 0 Å². The van der Waals surface area contributed by atoms with Gasteiger partial charge in [-0.15, -0.1) is 0 Å². The van der Waals surface area contributed by atoms with Gasteiger partial charge in [0.15, 0.2) is 0 Å². The summed E-state index contributed by atoms with van der Waals surface area (Å²) in [4.78, 5) is 25.8. The Kier molecular flexibility index (Phi) is 3.65. The van der Waals surface area contributed by atoms with Crippen LogP contribution < -0.4 is 4.90 Å². The van der Waals surface area contributed by atoms with Crippen molar-refractivity contribution in [1.29, 1.82) is 0 Å². The molecule has 0 N–H and O–H groups in total. The first kappa shape index (κ1) is 14.7. The molecule has 0 atom stereocenters. The number of carbonyl (C=O) groups is 1. The van der Waals surface area contributed by atoms with Crippen LogP contribution in [0.15, 0.2) is 48.9 Å². The highest BCUT2D eigenvalue weighted by Crippen LogP contribution is 2.20. The fraction of sp³-hybridized carbons (Fsp3) is 0.278. The Hall–Kier alpha value is -2.89. The van der Waals surface area contributed by atoms with Crippen molar-refractivity contribution in [2.45, 2.75) is 0 Å². The number of pyridine rings is 1. The highest BCUT2D eigenvalue weighted by Gasteiger charge is 2.24. The number of aryl methyl sites for hydroxylation is 1. The average Bonchev–Trinajstić information content (AvgIpc) is 3.07. The predicted octanol–water partition coefficient (Wildman–Crippen LogP) is 1.93. The Bertz CT molecular complexity index is 875. The third-order valence-corrected chi connectivity index (χ3v) is 4.52. The van der Waals surface area contributed by atoms with Gasteiger partial charge in [0.2, 0.25) is 5.95 Å². The second-order valence-electron chi connectivity index (χ2n) is 5.99. The van der Waals surface area contributed by atoms with E-state index in [1.807, 2.05) is 53.0 Å². The second-order valence-corrected chi connectivity index (χ2v) is 5.99. The van der Waals surface area contributed by atoms with Crippen molar-refractivity contribution in [3.63, 3.8) is 0 Å². The summed E-state index contributed by atoms with van der Waals surface area (Å²) < 4.78 is 2.01. The minimum atomic E-state index is 0.0769. The minimum absolute atomic E-state index is 0.0769. The van der Waals surface area contributed by atoms with E-state index in [-0.39, 0.29) is 5.91 Å². The van der Waals surface area contributed by atoms with Crippen LogP contribution in [0.4, 0.5) is 5.95 Å². The van der Waals surface area contributed by atoms with Crippen LogP contribution in [0.25, 0.3) is 10.9 Å². The van der Waals surface area contributed by atoms with Crippen LogP contribution in [0, 0.1) is 0 Å². The molecule has 1 fully saturated rings. The van der Waals surface area contributed by atoms with E-state index in [1.165, 1.54) is 0 Å². The van der Waals surface area contributed by atoms with Crippen molar-refractivity contribution in [3.8, 4) is 0 Å². The summed E-state index contributed by atoms with van der Waals surface area (Å²) in [6.45, 7) is 2.98. The largest absolute Gasteiger partial charge is 0.339 e. The molecule has 0 spiro atoms. The third kappa shape index (κ3) is 2.50. The van der Waals surface area contributed by atoms with Crippen molar-refractivity contribution in [1.82, 2.24) is 19.4 Å². The number of carbonyl (C=O) groups excluding carboxylic acids is 1. The van der Waals surface area contributed by atoms with Gasteiger partial charge in [-0.1, -0.05) is 12.1 Å². The van der Waals surface area contributed by atoms with Gasteiger partial charge in [0.25, 0.3) is 5.91 Å². The highest BCUT2D eigenvalue weighted by atomic mass is 16.2. The van der Waals surface area contributed by atoms with E-state index < -0.39 is 0 Å². The summed E-state index contributed by atoms with van der Waals surface area (Å²) in [6, 6.07) is 9.55. The molecule has 3 heterocycles. The number of aromatic nitrogens is 3. The quantitative estimate of drug-likeness (QED) is 0.724. The molecule has 4 rings (SSSR count). The Balaban J connectivity index is 1.53. The minimum Gasteiger partial charge on any atom is -0.339 e. The molecule has 1 aliphatic heterocycles. The molecule has 1 aliphatic rings. The maximum Gasteiger partial charge on any atom is 0.254 e. The maximum absolute atomic E-state index is 12.9. The lowest BCUT2D eigenvalue weighted by Crippen LogP contribution is -2.49. The second kappa shape index (κ2) is 5.96. The highest BCUT2D eigenvalue weighted by molar-refractivity contribution is 6.06. The van der Waals surface area contributed by atoms with Crippen LogP contribution >= 0.6 is 0 Å². The third-order valence-electron chi connectivity index (χ3n) is 4.52. The van der Waals surface area contributed by atoms with Crippen LogP contribution in [-0.2, 0) is 7.05 Å². The number of hydrogen-bond donors (Lipinski definition) is 0. The molecule has 0 aliphatic carbocycles. The molecular weight excluding hydrogens is 302 g/mol. The summed E-state index contributed by atoms with van der Waals surface area (Å²) in [5, 5.41) is 0.913. The molecule has 6 nitrogen and oxygen atoms in total. The lowest BCUT2D eigenvalue weighted by atomic mass is 10.1. The summed E-state index contributed by atoms with van der Waals surface area (Å²) in [5.74, 6) is 1.03. The summed E-state index contributed by atoms with van der Waals surface area (Å²) in [6.07, 6.45) is 5.49. The van der Waals surface area contributed by atoms with E-state index in [2.05, 4.69) is 14.9 Å². The molecule has 122 valence electrons. The number of fused-ring (bicyclic) bond motifs is 1. The zero-order valence-electron chi connectivity index (χ0n) is 13.6. The lowest BCUT2D eigenvalue weighted by Gasteiger charge is -2.35. The summed E-state index contributed by atoms with van der Waals surface area (Å²) in [7, 11) is 1.99. The van der Waals surface area contributed by atoms with Gasteiger partial charge in [-0.05, 0) is 18.2 Å². The molecule has 3 aromatic rings. The maximum atomic E-state index is 12.9. The molecule has 0 unspecified atom stereocenters. The molecule has 1 amide bonds. The molecule has 0 radical (unpaired) electrons. The smallest absolute Gasteiger partial charge is 0.254 e. The number of anilines is 1. The monoisotopic (exact) mass is 321 g/mol. The zero-order chi connectivity index (χ0) is 16.5. The molecule has 6 heteroatoms. The molecule has 1 aromatic carbocycles. The summed E-state index contributed by atoms with van der Waals surface area (Å²) >= 11 is 0.